The number of nitrogens with one attached hydrogen (secondary N) is 1. The summed E-state index contributed by atoms with van der Waals surface area (Å²) >= 11 is 12.3. The first kappa shape index (κ1) is 21.2. The van der Waals surface area contributed by atoms with Crippen LogP contribution < -0.4 is 5.48 Å². The average Bonchev–Trinajstić information content (AvgIpc) is 2.55. The molecule has 1 aromatic heterocycles. The van der Waals surface area contributed by atoms with Crippen LogP contribution in [0.25, 0.3) is 10.9 Å². The maximum Gasteiger partial charge on any atom is 0.191 e. The van der Waals surface area contributed by atoms with E-state index in [4.69, 9.17) is 28.0 Å². The normalized spacial score (nSPS) is 9.84. The second kappa shape index (κ2) is 9.56. The van der Waals surface area contributed by atoms with Crippen molar-refractivity contribution >= 4 is 58.1 Å². The van der Waals surface area contributed by atoms with E-state index in [-0.39, 0.29) is 30.3 Å². The summed E-state index contributed by atoms with van der Waals surface area (Å²) in [6.07, 6.45) is 0. The molecule has 0 spiro atoms. The maximum absolute atomic E-state index is 11.9. The van der Waals surface area contributed by atoms with Gasteiger partial charge in [-0.2, -0.15) is 0 Å². The predicted octanol–water partition coefficient (Wildman–Crippen LogP) is 4.37. The molecular weight excluding hydrogens is 387 g/mol. The fourth-order valence-electron chi connectivity index (χ4n) is 2.13. The standard InChI is InChI=1S/C17H12Cl2N2O2.ClH.H2O/c18-12-7-4-8-14-17(12)13(19)9-16(20-14)21-23-10-15(22)11-5-2-1-3-6-11;;/h1-9H,10H2,(H,20,21);1H;1H2. The Labute approximate surface area is 160 Å². The third-order valence-electron chi connectivity index (χ3n) is 3.21. The van der Waals surface area contributed by atoms with E-state index in [2.05, 4.69) is 10.5 Å². The summed E-state index contributed by atoms with van der Waals surface area (Å²) in [7, 11) is 0. The van der Waals surface area contributed by atoms with Crippen LogP contribution in [0.1, 0.15) is 10.4 Å². The number of carbonyl (C=O) groups excluding carboxylic acids is 1. The van der Waals surface area contributed by atoms with Crippen molar-refractivity contribution in [1.29, 1.82) is 0 Å². The second-order valence-corrected chi connectivity index (χ2v) is 5.62. The Kier molecular flexibility index (Phi) is 8.09. The van der Waals surface area contributed by atoms with Crippen molar-refractivity contribution in [2.24, 2.45) is 0 Å². The second-order valence-electron chi connectivity index (χ2n) is 4.80. The van der Waals surface area contributed by atoms with Crippen LogP contribution >= 0.6 is 35.6 Å². The molecule has 2 aromatic carbocycles. The minimum atomic E-state index is -0.131. The molecule has 0 radical (unpaired) electrons. The van der Waals surface area contributed by atoms with Gasteiger partial charge >= 0.3 is 0 Å². The van der Waals surface area contributed by atoms with Gasteiger partial charge < -0.3 is 5.48 Å². The van der Waals surface area contributed by atoms with Crippen molar-refractivity contribution in [3.63, 3.8) is 0 Å². The molecule has 3 aromatic rings. The number of carbonyl (C=O) groups is 1. The predicted molar refractivity (Wildman–Crippen MR) is 103 cm³/mol. The first-order valence-corrected chi connectivity index (χ1v) is 7.61. The number of hydrogen-bond donors (Lipinski definition) is 1. The largest absolute Gasteiger partial charge is 0.412 e. The van der Waals surface area contributed by atoms with Crippen LogP contribution in [0, 0.1) is 0 Å². The van der Waals surface area contributed by atoms with Crippen LogP contribution in [0.15, 0.2) is 54.6 Å². The Balaban J connectivity index is 0.00000156. The number of ketones is 1. The minimum absolute atomic E-state index is 0. The van der Waals surface area contributed by atoms with E-state index in [1.54, 1.807) is 48.5 Å². The van der Waals surface area contributed by atoms with Crippen molar-refractivity contribution in [3.8, 4) is 0 Å². The number of halogens is 3. The van der Waals surface area contributed by atoms with Gasteiger partial charge in [-0.25, -0.2) is 10.5 Å². The zero-order chi connectivity index (χ0) is 16.2. The zero-order valence-electron chi connectivity index (χ0n) is 12.8. The molecule has 1 heterocycles. The first-order chi connectivity index (χ1) is 11.1. The van der Waals surface area contributed by atoms with E-state index < -0.39 is 0 Å². The van der Waals surface area contributed by atoms with E-state index in [0.717, 1.165) is 0 Å². The molecular formula is C17H15Cl3N2O3. The number of rotatable bonds is 5. The Hall–Kier alpha value is -1.89. The Morgan fingerprint density at radius 2 is 1.76 bits per heavy atom. The average molecular weight is 402 g/mol. The number of aromatic nitrogens is 1. The molecule has 5 nitrogen and oxygen atoms in total. The summed E-state index contributed by atoms with van der Waals surface area (Å²) in [5.41, 5.74) is 3.87. The summed E-state index contributed by atoms with van der Waals surface area (Å²) in [6, 6.07) is 15.9. The summed E-state index contributed by atoms with van der Waals surface area (Å²) in [6.45, 7) is -0.114. The van der Waals surface area contributed by atoms with Crippen LogP contribution in [0.3, 0.4) is 0 Å². The van der Waals surface area contributed by atoms with Crippen molar-refractivity contribution in [3.05, 3.63) is 70.2 Å². The molecule has 25 heavy (non-hydrogen) atoms. The van der Waals surface area contributed by atoms with E-state index in [0.29, 0.717) is 32.3 Å². The van der Waals surface area contributed by atoms with Gasteiger partial charge in [0.05, 0.1) is 15.6 Å². The lowest BCUT2D eigenvalue weighted by atomic mass is 10.1. The molecule has 3 rings (SSSR count). The minimum Gasteiger partial charge on any atom is -0.412 e. The number of hydrogen-bond acceptors (Lipinski definition) is 4. The van der Waals surface area contributed by atoms with Crippen molar-refractivity contribution in [2.75, 3.05) is 12.1 Å². The first-order valence-electron chi connectivity index (χ1n) is 6.86. The summed E-state index contributed by atoms with van der Waals surface area (Å²) in [5, 5.41) is 1.68. The van der Waals surface area contributed by atoms with Gasteiger partial charge in [0.15, 0.2) is 11.6 Å². The molecule has 8 heteroatoms. The van der Waals surface area contributed by atoms with Gasteiger partial charge in [-0.05, 0) is 12.1 Å². The van der Waals surface area contributed by atoms with E-state index in [9.17, 15) is 4.79 Å². The lowest BCUT2D eigenvalue weighted by molar-refractivity contribution is 0.0843. The van der Waals surface area contributed by atoms with Gasteiger partial charge in [-0.1, -0.05) is 59.6 Å². The molecule has 0 unspecified atom stereocenters. The summed E-state index contributed by atoms with van der Waals surface area (Å²) in [4.78, 5) is 21.5. The number of nitrogens with zero attached hydrogens (tertiary/aromatic N) is 1. The third-order valence-corrected chi connectivity index (χ3v) is 3.82. The maximum atomic E-state index is 11.9. The van der Waals surface area contributed by atoms with Crippen molar-refractivity contribution in [2.45, 2.75) is 0 Å². The SMILES string of the molecule is Cl.O.O=C(CONc1cc(Cl)c2c(Cl)cccc2n1)c1ccccc1. The van der Waals surface area contributed by atoms with Crippen LogP contribution in [0.5, 0.6) is 0 Å². The third kappa shape index (κ3) is 5.04. The molecule has 132 valence electrons. The smallest absolute Gasteiger partial charge is 0.191 e. The lowest BCUT2D eigenvalue weighted by Crippen LogP contribution is -2.13. The van der Waals surface area contributed by atoms with Crippen molar-refractivity contribution < 1.29 is 15.1 Å². The van der Waals surface area contributed by atoms with Crippen LogP contribution in [-0.4, -0.2) is 22.9 Å². The molecule has 3 N–H and O–H groups in total. The van der Waals surface area contributed by atoms with Gasteiger partial charge in [0, 0.05) is 17.0 Å². The van der Waals surface area contributed by atoms with Gasteiger partial charge in [-0.3, -0.25) is 9.63 Å². The molecule has 0 aliphatic rings. The van der Waals surface area contributed by atoms with E-state index in [1.807, 2.05) is 6.07 Å². The number of benzene rings is 2. The Bertz CT molecular complexity index is 860. The van der Waals surface area contributed by atoms with Crippen LogP contribution in [-0.2, 0) is 4.84 Å². The summed E-state index contributed by atoms with van der Waals surface area (Å²) < 4.78 is 0. The molecule has 0 fully saturated rings. The van der Waals surface area contributed by atoms with E-state index >= 15 is 0 Å². The van der Waals surface area contributed by atoms with Crippen molar-refractivity contribution in [1.82, 2.24) is 4.98 Å². The monoisotopic (exact) mass is 400 g/mol. The molecule has 0 aliphatic heterocycles. The highest BCUT2D eigenvalue weighted by molar-refractivity contribution is 6.42. The fourth-order valence-corrected chi connectivity index (χ4v) is 2.75. The van der Waals surface area contributed by atoms with Crippen LogP contribution in [0.4, 0.5) is 5.82 Å². The van der Waals surface area contributed by atoms with Crippen LogP contribution in [0.2, 0.25) is 10.0 Å². The molecule has 0 bridgehead atoms. The van der Waals surface area contributed by atoms with Gasteiger partial charge in [0.1, 0.15) is 6.61 Å². The lowest BCUT2D eigenvalue weighted by Gasteiger charge is -2.09. The van der Waals surface area contributed by atoms with E-state index in [1.165, 1.54) is 0 Å². The fraction of sp³-hybridized carbons (Fsp3) is 0.0588. The van der Waals surface area contributed by atoms with Gasteiger partial charge in [0.25, 0.3) is 0 Å². The molecule has 0 aliphatic carbocycles. The Morgan fingerprint density at radius 3 is 2.48 bits per heavy atom. The number of anilines is 1. The molecule has 0 amide bonds. The summed E-state index contributed by atoms with van der Waals surface area (Å²) in [5.74, 6) is 0.277. The number of fused-ring (bicyclic) bond motifs is 1. The zero-order valence-corrected chi connectivity index (χ0v) is 15.2. The topological polar surface area (TPSA) is 82.7 Å². The van der Waals surface area contributed by atoms with Gasteiger partial charge in [0.2, 0.25) is 0 Å². The Morgan fingerprint density at radius 1 is 1.04 bits per heavy atom. The number of Topliss-reactive ketones (excluding diaryl/α,β-unsaturated/α-hetero) is 1. The molecule has 0 saturated heterocycles. The highest BCUT2D eigenvalue weighted by atomic mass is 35.5. The quantitative estimate of drug-likeness (QED) is 0.508. The molecule has 0 saturated carbocycles. The highest BCUT2D eigenvalue weighted by Crippen LogP contribution is 2.31. The number of pyridine rings is 1. The highest BCUT2D eigenvalue weighted by Gasteiger charge is 2.09. The van der Waals surface area contributed by atoms with Gasteiger partial charge in [-0.15, -0.1) is 12.4 Å². The molecule has 0 atom stereocenters.